The van der Waals surface area contributed by atoms with Crippen molar-refractivity contribution in [3.63, 3.8) is 0 Å². The molecule has 0 aliphatic heterocycles. The summed E-state index contributed by atoms with van der Waals surface area (Å²) in [5, 5.41) is 12.3. The van der Waals surface area contributed by atoms with E-state index in [1.54, 1.807) is 19.2 Å². The first-order valence-electron chi connectivity index (χ1n) is 11.5. The third kappa shape index (κ3) is 4.45. The minimum Gasteiger partial charge on any atom is -0.497 e. The van der Waals surface area contributed by atoms with E-state index in [0.717, 1.165) is 5.56 Å². The van der Waals surface area contributed by atoms with Gasteiger partial charge in [0, 0.05) is 12.6 Å². The predicted molar refractivity (Wildman–Crippen MR) is 141 cm³/mol. The number of aryl methyl sites for hydroxylation is 1. The normalized spacial score (nSPS) is 12.1. The van der Waals surface area contributed by atoms with E-state index in [4.69, 9.17) is 4.74 Å². The number of nitrogens with zero attached hydrogens (tertiary/aromatic N) is 4. The molecule has 1 unspecified atom stereocenters. The lowest BCUT2D eigenvalue weighted by molar-refractivity contribution is -0.120. The van der Waals surface area contributed by atoms with Crippen molar-refractivity contribution in [3.05, 3.63) is 94.3 Å². The van der Waals surface area contributed by atoms with Gasteiger partial charge in [-0.25, -0.2) is 4.57 Å². The average molecular weight is 500 g/mol. The maximum atomic E-state index is 13.5. The van der Waals surface area contributed by atoms with Crippen molar-refractivity contribution in [2.45, 2.75) is 30.8 Å². The molecule has 0 aliphatic rings. The molecule has 5 aromatic rings. The summed E-state index contributed by atoms with van der Waals surface area (Å²) in [6, 6.07) is 22.6. The summed E-state index contributed by atoms with van der Waals surface area (Å²) in [5.41, 5.74) is 3.29. The number of hydrogen-bond donors (Lipinski definition) is 1. The zero-order chi connectivity index (χ0) is 25.2. The van der Waals surface area contributed by atoms with Crippen molar-refractivity contribution in [2.75, 3.05) is 7.11 Å². The third-order valence-electron chi connectivity index (χ3n) is 5.95. The van der Waals surface area contributed by atoms with Crippen molar-refractivity contribution < 1.29 is 9.53 Å². The second-order valence-corrected chi connectivity index (χ2v) is 9.75. The molecule has 0 saturated heterocycles. The van der Waals surface area contributed by atoms with Crippen LogP contribution < -0.4 is 15.6 Å². The number of hydrogen-bond acceptors (Lipinski definition) is 6. The Hall–Kier alpha value is -4.11. The zero-order valence-electron chi connectivity index (χ0n) is 20.1. The first kappa shape index (κ1) is 23.6. The van der Waals surface area contributed by atoms with Crippen LogP contribution >= 0.6 is 11.8 Å². The number of rotatable bonds is 7. The number of fused-ring (bicyclic) bond motifs is 3. The Morgan fingerprint density at radius 2 is 1.83 bits per heavy atom. The van der Waals surface area contributed by atoms with Gasteiger partial charge in [-0.2, -0.15) is 0 Å². The van der Waals surface area contributed by atoms with Gasteiger partial charge in [-0.1, -0.05) is 59.8 Å². The topological polar surface area (TPSA) is 90.5 Å². The SMILES string of the molecule is COc1cccc(-n2c(=O)c3ccccc3n3c(SC(C)C(=O)NCc4ccc(C)cc4)nnc23)c1. The van der Waals surface area contributed by atoms with E-state index in [1.165, 1.54) is 21.9 Å². The number of ether oxygens (including phenoxy) is 1. The van der Waals surface area contributed by atoms with E-state index in [-0.39, 0.29) is 11.5 Å². The van der Waals surface area contributed by atoms with Gasteiger partial charge in [-0.3, -0.25) is 14.0 Å². The first-order chi connectivity index (χ1) is 17.5. The van der Waals surface area contributed by atoms with Crippen molar-refractivity contribution in [1.29, 1.82) is 0 Å². The molecule has 0 radical (unpaired) electrons. The Labute approximate surface area is 211 Å². The second-order valence-electron chi connectivity index (χ2n) is 8.44. The molecule has 5 rings (SSSR count). The number of benzene rings is 3. The summed E-state index contributed by atoms with van der Waals surface area (Å²) in [6.07, 6.45) is 0. The minimum atomic E-state index is -0.432. The number of para-hydroxylation sites is 1. The van der Waals surface area contributed by atoms with E-state index in [2.05, 4.69) is 15.5 Å². The molecule has 1 atom stereocenters. The molecular formula is C27H25N5O3S. The van der Waals surface area contributed by atoms with E-state index in [9.17, 15) is 9.59 Å². The number of carbonyl (C=O) groups is 1. The fourth-order valence-corrected chi connectivity index (χ4v) is 4.87. The van der Waals surface area contributed by atoms with Crippen molar-refractivity contribution in [1.82, 2.24) is 24.5 Å². The van der Waals surface area contributed by atoms with Crippen LogP contribution in [0.4, 0.5) is 0 Å². The number of thioether (sulfide) groups is 1. The number of nitrogens with one attached hydrogen (secondary N) is 1. The molecule has 9 heteroatoms. The van der Waals surface area contributed by atoms with E-state index in [1.807, 2.05) is 78.9 Å². The van der Waals surface area contributed by atoms with Crippen molar-refractivity contribution in [2.24, 2.45) is 0 Å². The summed E-state index contributed by atoms with van der Waals surface area (Å²) >= 11 is 1.29. The highest BCUT2D eigenvalue weighted by atomic mass is 32.2. The highest BCUT2D eigenvalue weighted by Crippen LogP contribution is 2.27. The van der Waals surface area contributed by atoms with Crippen LogP contribution in [0.1, 0.15) is 18.1 Å². The number of amides is 1. The van der Waals surface area contributed by atoms with Gasteiger partial charge in [0.05, 0.1) is 29.0 Å². The van der Waals surface area contributed by atoms with Crippen molar-refractivity contribution >= 4 is 34.3 Å². The van der Waals surface area contributed by atoms with E-state index < -0.39 is 5.25 Å². The molecule has 0 bridgehead atoms. The third-order valence-corrected chi connectivity index (χ3v) is 6.99. The molecule has 3 aromatic carbocycles. The summed E-state index contributed by atoms with van der Waals surface area (Å²) in [6.45, 7) is 4.31. The highest BCUT2D eigenvalue weighted by Gasteiger charge is 2.22. The summed E-state index contributed by atoms with van der Waals surface area (Å²) in [4.78, 5) is 26.4. The molecule has 36 heavy (non-hydrogen) atoms. The van der Waals surface area contributed by atoms with Crippen molar-refractivity contribution in [3.8, 4) is 11.4 Å². The maximum absolute atomic E-state index is 13.5. The lowest BCUT2D eigenvalue weighted by atomic mass is 10.1. The van der Waals surface area contributed by atoms with Gasteiger partial charge >= 0.3 is 0 Å². The molecular weight excluding hydrogens is 474 g/mol. The first-order valence-corrected chi connectivity index (χ1v) is 12.4. The molecule has 8 nitrogen and oxygen atoms in total. The molecule has 2 aromatic heterocycles. The van der Waals surface area contributed by atoms with Crippen LogP contribution in [0.15, 0.2) is 82.7 Å². The summed E-state index contributed by atoms with van der Waals surface area (Å²) in [7, 11) is 1.58. The maximum Gasteiger partial charge on any atom is 0.267 e. The van der Waals surface area contributed by atoms with Crippen LogP contribution in [0.25, 0.3) is 22.4 Å². The van der Waals surface area contributed by atoms with Crippen LogP contribution in [-0.2, 0) is 11.3 Å². The fraction of sp³-hybridized carbons (Fsp3) is 0.185. The fourth-order valence-electron chi connectivity index (χ4n) is 3.99. The monoisotopic (exact) mass is 499 g/mol. The highest BCUT2D eigenvalue weighted by molar-refractivity contribution is 8.00. The van der Waals surface area contributed by atoms with Crippen LogP contribution in [0.5, 0.6) is 5.75 Å². The smallest absolute Gasteiger partial charge is 0.267 e. The molecule has 1 N–H and O–H groups in total. The Balaban J connectivity index is 1.51. The van der Waals surface area contributed by atoms with Gasteiger partial charge in [-0.05, 0) is 43.7 Å². The zero-order valence-corrected chi connectivity index (χ0v) is 21.0. The van der Waals surface area contributed by atoms with Crippen LogP contribution in [-0.4, -0.2) is 37.4 Å². The molecule has 0 spiro atoms. The van der Waals surface area contributed by atoms with Gasteiger partial charge in [-0.15, -0.1) is 10.2 Å². The van der Waals surface area contributed by atoms with Gasteiger partial charge in [0.15, 0.2) is 5.16 Å². The Morgan fingerprint density at radius 3 is 2.61 bits per heavy atom. The summed E-state index contributed by atoms with van der Waals surface area (Å²) < 4.78 is 8.70. The molecule has 0 aliphatic carbocycles. The molecule has 0 fully saturated rings. The number of aromatic nitrogens is 4. The summed E-state index contributed by atoms with van der Waals surface area (Å²) in [5.74, 6) is 0.878. The average Bonchev–Trinajstić information content (AvgIpc) is 3.31. The van der Waals surface area contributed by atoms with E-state index in [0.29, 0.717) is 39.8 Å². The predicted octanol–water partition coefficient (Wildman–Crippen LogP) is 4.15. The Bertz CT molecular complexity index is 1620. The lowest BCUT2D eigenvalue weighted by Gasteiger charge is -2.14. The minimum absolute atomic E-state index is 0.109. The number of methoxy groups -OCH3 is 1. The van der Waals surface area contributed by atoms with E-state index >= 15 is 0 Å². The lowest BCUT2D eigenvalue weighted by Crippen LogP contribution is -2.30. The Kier molecular flexibility index (Phi) is 6.47. The van der Waals surface area contributed by atoms with Gasteiger partial charge in [0.1, 0.15) is 5.75 Å². The second kappa shape index (κ2) is 9.87. The molecule has 182 valence electrons. The quantitative estimate of drug-likeness (QED) is 0.339. The molecule has 0 saturated carbocycles. The molecule has 1 amide bonds. The van der Waals surface area contributed by atoms with Gasteiger partial charge in [0.2, 0.25) is 11.7 Å². The van der Waals surface area contributed by atoms with Crippen LogP contribution in [0.3, 0.4) is 0 Å². The van der Waals surface area contributed by atoms with Gasteiger partial charge < -0.3 is 10.1 Å². The van der Waals surface area contributed by atoms with Crippen LogP contribution in [0.2, 0.25) is 0 Å². The van der Waals surface area contributed by atoms with Crippen LogP contribution in [0, 0.1) is 6.92 Å². The Morgan fingerprint density at radius 1 is 1.06 bits per heavy atom. The number of carbonyl (C=O) groups excluding carboxylic acids is 1. The van der Waals surface area contributed by atoms with Gasteiger partial charge in [0.25, 0.3) is 5.56 Å². The molecule has 2 heterocycles. The largest absolute Gasteiger partial charge is 0.497 e. The standard InChI is InChI=1S/C27H25N5O3S/c1-17-11-13-19(14-12-17)16-28-24(33)18(2)36-27-30-29-26-31(20-7-6-8-21(15-20)35-3)25(34)22-9-4-5-10-23(22)32(26)27/h4-15,18H,16H2,1-3H3,(H,28,33).